The number of carbonyl (C=O) groups excluding carboxylic acids is 1. The van der Waals surface area contributed by atoms with Gasteiger partial charge in [0.25, 0.3) is 5.91 Å². The Morgan fingerprint density at radius 2 is 2.11 bits per heavy atom. The lowest BCUT2D eigenvalue weighted by atomic mass is 10.00. The van der Waals surface area contributed by atoms with E-state index in [-0.39, 0.29) is 24.5 Å². The zero-order valence-corrected chi connectivity index (χ0v) is 11.6. The van der Waals surface area contributed by atoms with Crippen LogP contribution in [0.2, 0.25) is 0 Å². The van der Waals surface area contributed by atoms with Crippen molar-refractivity contribution in [1.29, 1.82) is 0 Å². The van der Waals surface area contributed by atoms with Crippen LogP contribution in [0.3, 0.4) is 0 Å². The summed E-state index contributed by atoms with van der Waals surface area (Å²) in [6, 6.07) is 0. The van der Waals surface area contributed by atoms with Crippen LogP contribution in [-0.4, -0.2) is 63.9 Å². The molecule has 0 aromatic heterocycles. The van der Waals surface area contributed by atoms with E-state index in [9.17, 15) is 13.6 Å². The van der Waals surface area contributed by atoms with Crippen molar-refractivity contribution < 1.29 is 18.4 Å². The number of likely N-dealkylation sites (tertiary alicyclic amines) is 1. The van der Waals surface area contributed by atoms with Crippen LogP contribution in [-0.2, 0) is 24.2 Å². The quantitative estimate of drug-likeness (QED) is 0.639. The number of amides is 1. The highest BCUT2D eigenvalue weighted by Crippen LogP contribution is 2.30. The number of rotatable bonds is 2. The van der Waals surface area contributed by atoms with E-state index in [1.165, 1.54) is 10.6 Å². The van der Waals surface area contributed by atoms with Crippen molar-refractivity contribution in [1.82, 2.24) is 9.21 Å². The van der Waals surface area contributed by atoms with Crippen LogP contribution in [0.5, 0.6) is 0 Å². The van der Waals surface area contributed by atoms with Gasteiger partial charge in [0.1, 0.15) is 16.7 Å². The zero-order valence-electron chi connectivity index (χ0n) is 10.8. The highest BCUT2D eigenvalue weighted by atomic mass is 32.3. The summed E-state index contributed by atoms with van der Waals surface area (Å²) < 4.78 is 24.4. The third-order valence-corrected chi connectivity index (χ3v) is 5.19. The molecule has 0 N–H and O–H groups in total. The Labute approximate surface area is 112 Å². The largest absolute Gasteiger partial charge is 0.598 e. The molecule has 3 rings (SSSR count). The molecule has 2 saturated heterocycles. The average molecular weight is 287 g/mol. The van der Waals surface area contributed by atoms with Gasteiger partial charge in [-0.15, -0.1) is 4.31 Å². The second-order valence-corrected chi connectivity index (χ2v) is 7.29. The van der Waals surface area contributed by atoms with Gasteiger partial charge < -0.3 is 14.3 Å². The summed E-state index contributed by atoms with van der Waals surface area (Å²) in [5, 5.41) is 3.89. The van der Waals surface area contributed by atoms with Crippen molar-refractivity contribution in [3.63, 3.8) is 0 Å². The molecule has 3 atom stereocenters. The van der Waals surface area contributed by atoms with Crippen LogP contribution in [0.15, 0.2) is 5.16 Å². The van der Waals surface area contributed by atoms with Crippen molar-refractivity contribution in [3.05, 3.63) is 0 Å². The number of fused-ring (bicyclic) bond motifs is 1. The smallest absolute Gasteiger partial charge is 0.272 e. The van der Waals surface area contributed by atoms with Gasteiger partial charge in [-0.1, -0.05) is 9.36 Å². The molecule has 7 nitrogen and oxygen atoms in total. The first-order chi connectivity index (χ1) is 8.97. The first-order valence-corrected chi connectivity index (χ1v) is 8.30. The van der Waals surface area contributed by atoms with Gasteiger partial charge in [-0.2, -0.15) is 0 Å². The zero-order chi connectivity index (χ0) is 13.6. The molecule has 0 aromatic carbocycles. The highest BCUT2D eigenvalue weighted by Gasteiger charge is 2.49. The number of oxime groups is 1. The summed E-state index contributed by atoms with van der Waals surface area (Å²) in [5.41, 5.74) is 0.387. The van der Waals surface area contributed by atoms with Crippen molar-refractivity contribution in [2.75, 3.05) is 32.4 Å². The lowest BCUT2D eigenvalue weighted by molar-refractivity contribution is -0.123. The SMILES string of the molecule is C[S+](=O)([O-])N1CC2ON=C(C(=O)N3CCCC3)C2C1. The summed E-state index contributed by atoms with van der Waals surface area (Å²) in [6.07, 6.45) is 2.90. The Kier molecular flexibility index (Phi) is 3.11. The molecule has 2 fully saturated rings. The van der Waals surface area contributed by atoms with E-state index in [0.717, 1.165) is 25.9 Å². The third-order valence-electron chi connectivity index (χ3n) is 3.95. The summed E-state index contributed by atoms with van der Waals surface area (Å²) in [7, 11) is -3.24. The van der Waals surface area contributed by atoms with Crippen LogP contribution in [0.1, 0.15) is 12.8 Å². The van der Waals surface area contributed by atoms with Gasteiger partial charge >= 0.3 is 0 Å². The second-order valence-electron chi connectivity index (χ2n) is 5.31. The molecule has 1 amide bonds. The fraction of sp³-hybridized carbons (Fsp3) is 0.818. The third kappa shape index (κ3) is 2.28. The van der Waals surface area contributed by atoms with E-state index in [2.05, 4.69) is 5.16 Å². The maximum atomic E-state index is 12.3. The topological polar surface area (TPSA) is 85.3 Å². The normalized spacial score (nSPS) is 33.8. The molecule has 3 aliphatic rings. The van der Waals surface area contributed by atoms with Gasteiger partial charge in [0, 0.05) is 13.1 Å². The summed E-state index contributed by atoms with van der Waals surface area (Å²) in [4.78, 5) is 19.3. The molecule has 0 aromatic rings. The van der Waals surface area contributed by atoms with E-state index in [1.54, 1.807) is 4.90 Å². The van der Waals surface area contributed by atoms with Crippen molar-refractivity contribution in [2.24, 2.45) is 11.1 Å². The first kappa shape index (κ1) is 13.0. The van der Waals surface area contributed by atoms with Crippen LogP contribution in [0.25, 0.3) is 0 Å². The fourth-order valence-electron chi connectivity index (χ4n) is 2.85. The minimum absolute atomic E-state index is 0.0969. The second kappa shape index (κ2) is 4.53. The van der Waals surface area contributed by atoms with Gasteiger partial charge in [-0.3, -0.25) is 4.79 Å². The van der Waals surface area contributed by atoms with Crippen molar-refractivity contribution in [2.45, 2.75) is 18.9 Å². The lowest BCUT2D eigenvalue weighted by Gasteiger charge is -2.20. The van der Waals surface area contributed by atoms with E-state index in [4.69, 9.17) is 4.84 Å². The standard InChI is InChI=1S/C11H17N3O4S/c1-19(16,17)14-6-8-9(7-14)18-12-10(8)11(15)13-4-2-3-5-13/h8-9H,2-7H2,1H3. The molecule has 3 unspecified atom stereocenters. The first-order valence-electron chi connectivity index (χ1n) is 6.45. The highest BCUT2D eigenvalue weighted by molar-refractivity contribution is 7.94. The van der Waals surface area contributed by atoms with Crippen LogP contribution < -0.4 is 0 Å². The Balaban J connectivity index is 1.72. The van der Waals surface area contributed by atoms with Gasteiger partial charge in [0.05, 0.1) is 19.0 Å². The summed E-state index contributed by atoms with van der Waals surface area (Å²) in [5.74, 6) is -0.317. The molecule has 0 radical (unpaired) electrons. The Morgan fingerprint density at radius 3 is 2.74 bits per heavy atom. The summed E-state index contributed by atoms with van der Waals surface area (Å²) in [6.45, 7) is 2.09. The number of hydrogen-bond donors (Lipinski definition) is 0. The van der Waals surface area contributed by atoms with Crippen molar-refractivity contribution in [3.8, 4) is 0 Å². The molecule has 0 bridgehead atoms. The number of sulfonamides is 1. The minimum Gasteiger partial charge on any atom is -0.598 e. The summed E-state index contributed by atoms with van der Waals surface area (Å²) >= 11 is 0. The Bertz CT molecular complexity index is 469. The molecule has 0 saturated carbocycles. The molecule has 8 heteroatoms. The molecule has 3 aliphatic heterocycles. The van der Waals surface area contributed by atoms with Crippen molar-refractivity contribution >= 4 is 22.0 Å². The fourth-order valence-corrected chi connectivity index (χ4v) is 3.70. The van der Waals surface area contributed by atoms with E-state index < -0.39 is 10.4 Å². The maximum Gasteiger partial charge on any atom is 0.272 e. The number of carbonyl (C=O) groups is 1. The van der Waals surface area contributed by atoms with E-state index in [1.807, 2.05) is 0 Å². The predicted octanol–water partition coefficient (Wildman–Crippen LogP) is -0.530. The Hall–Kier alpha value is -0.990. The average Bonchev–Trinajstić information content (AvgIpc) is 3.03. The van der Waals surface area contributed by atoms with Gasteiger partial charge in [0.15, 0.2) is 11.8 Å². The molecule has 0 aliphatic carbocycles. The lowest BCUT2D eigenvalue weighted by Crippen LogP contribution is -2.39. The number of nitrogens with zero attached hydrogens (tertiary/aromatic N) is 3. The maximum absolute atomic E-state index is 12.3. The van der Waals surface area contributed by atoms with E-state index in [0.29, 0.717) is 12.3 Å². The van der Waals surface area contributed by atoms with E-state index >= 15 is 0 Å². The minimum atomic E-state index is -3.24. The van der Waals surface area contributed by atoms with Gasteiger partial charge in [-0.25, -0.2) is 0 Å². The monoisotopic (exact) mass is 287 g/mol. The molecule has 3 heterocycles. The van der Waals surface area contributed by atoms with Crippen LogP contribution in [0.4, 0.5) is 0 Å². The number of hydrogen-bond acceptors (Lipinski definition) is 5. The molecular formula is C11H17N3O4S. The Morgan fingerprint density at radius 1 is 1.42 bits per heavy atom. The van der Waals surface area contributed by atoms with Gasteiger partial charge in [0.2, 0.25) is 0 Å². The van der Waals surface area contributed by atoms with Crippen LogP contribution in [0, 0.1) is 5.92 Å². The molecular weight excluding hydrogens is 270 g/mol. The molecule has 106 valence electrons. The van der Waals surface area contributed by atoms with Gasteiger partial charge in [-0.05, 0) is 12.8 Å². The van der Waals surface area contributed by atoms with Crippen LogP contribution >= 0.6 is 0 Å². The molecule has 19 heavy (non-hydrogen) atoms. The molecule has 0 spiro atoms. The predicted molar refractivity (Wildman–Crippen MR) is 67.9 cm³/mol.